The van der Waals surface area contributed by atoms with Crippen LogP contribution in [0.2, 0.25) is 0 Å². The number of halogens is 3. The van der Waals surface area contributed by atoms with Crippen molar-refractivity contribution in [3.05, 3.63) is 100 Å². The van der Waals surface area contributed by atoms with Crippen LogP contribution in [0.15, 0.2) is 60.4 Å². The van der Waals surface area contributed by atoms with Crippen LogP contribution in [0.25, 0.3) is 17.2 Å². The van der Waals surface area contributed by atoms with E-state index in [1.165, 1.54) is 80.5 Å². The van der Waals surface area contributed by atoms with Crippen molar-refractivity contribution in [3.8, 4) is 11.1 Å². The summed E-state index contributed by atoms with van der Waals surface area (Å²) in [6.07, 6.45) is 9.60. The van der Waals surface area contributed by atoms with E-state index in [0.29, 0.717) is 34.8 Å². The standard InChI is InChI=1S/C32H31F3O2/c1-2-3-20-4-6-21(7-5-20)22-8-10-24(11-9-22)32(36)37-27-16-17-28-25(18-27)19-29(34)30(31(28)35)23-12-14-26(33)15-13-23/h8-15,18-21H,2-7,16-17H2,1H3. The van der Waals surface area contributed by atoms with Gasteiger partial charge >= 0.3 is 5.97 Å². The van der Waals surface area contributed by atoms with Crippen LogP contribution in [0.3, 0.4) is 0 Å². The first-order chi connectivity index (χ1) is 17.9. The predicted molar refractivity (Wildman–Crippen MR) is 140 cm³/mol. The Morgan fingerprint density at radius 2 is 1.62 bits per heavy atom. The Kier molecular flexibility index (Phi) is 7.50. The Bertz CT molecular complexity index is 1300. The molecule has 3 aromatic rings. The zero-order valence-electron chi connectivity index (χ0n) is 21.0. The maximum Gasteiger partial charge on any atom is 0.343 e. The summed E-state index contributed by atoms with van der Waals surface area (Å²) in [6, 6.07) is 14.0. The van der Waals surface area contributed by atoms with Crippen molar-refractivity contribution in [1.29, 1.82) is 0 Å². The highest BCUT2D eigenvalue weighted by atomic mass is 19.1. The number of benzene rings is 3. The summed E-state index contributed by atoms with van der Waals surface area (Å²) in [5.74, 6) is -0.586. The van der Waals surface area contributed by atoms with E-state index >= 15 is 4.39 Å². The van der Waals surface area contributed by atoms with Crippen LogP contribution in [0.1, 0.15) is 84.8 Å². The molecule has 0 unspecified atom stereocenters. The summed E-state index contributed by atoms with van der Waals surface area (Å²) in [6.45, 7) is 2.24. The molecule has 2 nitrogen and oxygen atoms in total. The molecular formula is C32H31F3O2. The van der Waals surface area contributed by atoms with Crippen LogP contribution in [-0.4, -0.2) is 5.97 Å². The first kappa shape index (κ1) is 25.3. The summed E-state index contributed by atoms with van der Waals surface area (Å²) in [5.41, 5.74) is 2.53. The SMILES string of the molecule is CCCC1CCC(c2ccc(C(=O)OC3=Cc4cc(F)c(-c5ccc(F)cc5)c(F)c4CC3)cc2)CC1. The van der Waals surface area contributed by atoms with Crippen LogP contribution >= 0.6 is 0 Å². The van der Waals surface area contributed by atoms with E-state index < -0.39 is 23.4 Å². The van der Waals surface area contributed by atoms with Gasteiger partial charge in [0.25, 0.3) is 0 Å². The minimum absolute atomic E-state index is 0.175. The fourth-order valence-corrected chi connectivity index (χ4v) is 5.78. The molecule has 37 heavy (non-hydrogen) atoms. The van der Waals surface area contributed by atoms with Gasteiger partial charge in [-0.1, -0.05) is 44.0 Å². The zero-order valence-corrected chi connectivity index (χ0v) is 21.0. The number of allylic oxidation sites excluding steroid dienone is 1. The van der Waals surface area contributed by atoms with Crippen LogP contribution in [0, 0.1) is 23.4 Å². The number of carbonyl (C=O) groups excluding carboxylic acids is 1. The number of ether oxygens (including phenoxy) is 1. The van der Waals surface area contributed by atoms with Crippen LogP contribution in [0.4, 0.5) is 13.2 Å². The Morgan fingerprint density at radius 1 is 0.919 bits per heavy atom. The topological polar surface area (TPSA) is 26.3 Å². The molecule has 0 N–H and O–H groups in total. The first-order valence-electron chi connectivity index (χ1n) is 13.2. The molecule has 1 fully saturated rings. The third-order valence-corrected chi connectivity index (χ3v) is 7.81. The highest BCUT2D eigenvalue weighted by Gasteiger charge is 2.25. The number of esters is 1. The Hall–Kier alpha value is -3.34. The summed E-state index contributed by atoms with van der Waals surface area (Å²) >= 11 is 0. The van der Waals surface area contributed by atoms with Crippen molar-refractivity contribution in [2.45, 2.75) is 64.2 Å². The smallest absolute Gasteiger partial charge is 0.343 e. The molecule has 2 aliphatic rings. The van der Waals surface area contributed by atoms with Gasteiger partial charge in [0.15, 0.2) is 0 Å². The Balaban J connectivity index is 1.27. The van der Waals surface area contributed by atoms with E-state index in [9.17, 15) is 13.6 Å². The van der Waals surface area contributed by atoms with Gasteiger partial charge in [-0.2, -0.15) is 0 Å². The summed E-state index contributed by atoms with van der Waals surface area (Å²) in [5, 5.41) is 0. The maximum absolute atomic E-state index is 15.2. The predicted octanol–water partition coefficient (Wildman–Crippen LogP) is 8.99. The lowest BCUT2D eigenvalue weighted by Gasteiger charge is -2.28. The van der Waals surface area contributed by atoms with Crippen molar-refractivity contribution in [2.75, 3.05) is 0 Å². The van der Waals surface area contributed by atoms with Crippen molar-refractivity contribution in [3.63, 3.8) is 0 Å². The second kappa shape index (κ2) is 11.0. The van der Waals surface area contributed by atoms with Gasteiger partial charge in [0, 0.05) is 6.42 Å². The fraction of sp³-hybridized carbons (Fsp3) is 0.344. The van der Waals surface area contributed by atoms with Crippen molar-refractivity contribution in [1.82, 2.24) is 0 Å². The Morgan fingerprint density at radius 3 is 2.30 bits per heavy atom. The van der Waals surface area contributed by atoms with Gasteiger partial charge in [-0.15, -0.1) is 0 Å². The van der Waals surface area contributed by atoms with E-state index in [2.05, 4.69) is 6.92 Å². The number of rotatable bonds is 6. The van der Waals surface area contributed by atoms with Crippen LogP contribution < -0.4 is 0 Å². The van der Waals surface area contributed by atoms with E-state index in [0.717, 1.165) is 5.92 Å². The average Bonchev–Trinajstić information content (AvgIpc) is 2.90. The molecule has 0 heterocycles. The van der Waals surface area contributed by atoms with E-state index in [4.69, 9.17) is 4.74 Å². The van der Waals surface area contributed by atoms with Gasteiger partial charge in [-0.05, 0) is 103 Å². The molecule has 0 aromatic heterocycles. The molecule has 0 spiro atoms. The molecule has 0 atom stereocenters. The molecule has 0 bridgehead atoms. The molecule has 0 aliphatic heterocycles. The molecule has 3 aromatic carbocycles. The van der Waals surface area contributed by atoms with Crippen LogP contribution in [-0.2, 0) is 11.2 Å². The fourth-order valence-electron chi connectivity index (χ4n) is 5.78. The number of carbonyl (C=O) groups is 1. The first-order valence-corrected chi connectivity index (χ1v) is 13.2. The molecule has 0 radical (unpaired) electrons. The summed E-state index contributed by atoms with van der Waals surface area (Å²) < 4.78 is 49.0. The third-order valence-electron chi connectivity index (χ3n) is 7.81. The minimum atomic E-state index is -0.744. The number of hydrogen-bond acceptors (Lipinski definition) is 2. The van der Waals surface area contributed by atoms with E-state index in [-0.39, 0.29) is 17.5 Å². The molecule has 1 saturated carbocycles. The maximum atomic E-state index is 15.2. The largest absolute Gasteiger partial charge is 0.427 e. The van der Waals surface area contributed by atoms with Gasteiger partial charge in [0.1, 0.15) is 23.2 Å². The van der Waals surface area contributed by atoms with E-state index in [1.807, 2.05) is 12.1 Å². The molecule has 2 aliphatic carbocycles. The Labute approximate surface area is 216 Å². The minimum Gasteiger partial charge on any atom is -0.427 e. The van der Waals surface area contributed by atoms with Crippen molar-refractivity contribution in [2.24, 2.45) is 5.92 Å². The lowest BCUT2D eigenvalue weighted by Crippen LogP contribution is -2.13. The number of hydrogen-bond donors (Lipinski definition) is 0. The van der Waals surface area contributed by atoms with E-state index in [1.54, 1.807) is 12.1 Å². The van der Waals surface area contributed by atoms with Gasteiger partial charge in [0.05, 0.1) is 11.1 Å². The average molecular weight is 505 g/mol. The number of fused-ring (bicyclic) bond motifs is 1. The van der Waals surface area contributed by atoms with Gasteiger partial charge < -0.3 is 4.74 Å². The van der Waals surface area contributed by atoms with Crippen molar-refractivity contribution >= 4 is 12.0 Å². The van der Waals surface area contributed by atoms with Gasteiger partial charge in [-0.3, -0.25) is 0 Å². The second-order valence-electron chi connectivity index (χ2n) is 10.3. The lowest BCUT2D eigenvalue weighted by atomic mass is 9.77. The molecule has 5 rings (SSSR count). The summed E-state index contributed by atoms with van der Waals surface area (Å²) in [4.78, 5) is 12.8. The lowest BCUT2D eigenvalue weighted by molar-refractivity contribution is 0.0617. The highest BCUT2D eigenvalue weighted by Crippen LogP contribution is 2.38. The monoisotopic (exact) mass is 504 g/mol. The molecule has 5 heteroatoms. The van der Waals surface area contributed by atoms with Crippen molar-refractivity contribution < 1.29 is 22.7 Å². The molecule has 192 valence electrons. The third kappa shape index (κ3) is 5.51. The second-order valence-corrected chi connectivity index (χ2v) is 10.3. The highest BCUT2D eigenvalue weighted by molar-refractivity contribution is 5.90. The van der Waals surface area contributed by atoms with Crippen LogP contribution in [0.5, 0.6) is 0 Å². The normalized spacial score (nSPS) is 19.2. The molecule has 0 saturated heterocycles. The van der Waals surface area contributed by atoms with Gasteiger partial charge in [0.2, 0.25) is 0 Å². The molecular weight excluding hydrogens is 473 g/mol. The van der Waals surface area contributed by atoms with Gasteiger partial charge in [-0.25, -0.2) is 18.0 Å². The quantitative estimate of drug-likeness (QED) is 0.313. The molecule has 0 amide bonds. The zero-order chi connectivity index (χ0) is 25.9. The summed E-state index contributed by atoms with van der Waals surface area (Å²) in [7, 11) is 0.